The van der Waals surface area contributed by atoms with Crippen molar-refractivity contribution in [3.8, 4) is 0 Å². The Balaban J connectivity index is 1.95. The fourth-order valence-corrected chi connectivity index (χ4v) is 2.20. The summed E-state index contributed by atoms with van der Waals surface area (Å²) in [6.07, 6.45) is 1.37. The molecule has 0 heterocycles. The molecule has 0 aliphatic heterocycles. The summed E-state index contributed by atoms with van der Waals surface area (Å²) in [7, 11) is 0. The molecule has 7 heteroatoms. The Labute approximate surface area is 145 Å². The Bertz CT molecular complexity index is 757. The smallest absolute Gasteiger partial charge is 0.278 e. The van der Waals surface area contributed by atoms with E-state index < -0.39 is 4.92 Å². The van der Waals surface area contributed by atoms with Gasteiger partial charge in [0, 0.05) is 11.8 Å². The number of rotatable bonds is 5. The molecule has 0 unspecified atom stereocenters. The van der Waals surface area contributed by atoms with E-state index in [1.165, 1.54) is 17.8 Å². The quantitative estimate of drug-likeness (QED) is 0.371. The van der Waals surface area contributed by atoms with Crippen molar-refractivity contribution in [2.45, 2.75) is 19.8 Å². The number of nitrogens with zero attached hydrogens (tertiary/aromatic N) is 2. The van der Waals surface area contributed by atoms with Gasteiger partial charge in [0.1, 0.15) is 0 Å². The second kappa shape index (κ2) is 8.16. The number of anilines is 1. The third kappa shape index (κ3) is 4.85. The molecule has 0 bridgehead atoms. The molecule has 0 saturated carbocycles. The molecule has 0 fully saturated rings. The molecule has 0 spiro atoms. The Kier molecular flexibility index (Phi) is 5.97. The van der Waals surface area contributed by atoms with Crippen LogP contribution in [0.1, 0.15) is 30.9 Å². The Morgan fingerprint density at radius 1 is 1.21 bits per heavy atom. The minimum atomic E-state index is -0.450. The maximum atomic E-state index is 10.9. The maximum Gasteiger partial charge on any atom is 0.278 e. The number of nitro groups is 1. The van der Waals surface area contributed by atoms with Crippen LogP contribution in [0.4, 0.5) is 11.4 Å². The SMILES string of the molecule is CC(C)c1ccc(NC(=S)NN=Cc2ccccc2[N+](=O)[O-])cc1. The lowest BCUT2D eigenvalue weighted by molar-refractivity contribution is -0.385. The Morgan fingerprint density at radius 3 is 2.50 bits per heavy atom. The van der Waals surface area contributed by atoms with Gasteiger partial charge in [0.05, 0.1) is 16.7 Å². The van der Waals surface area contributed by atoms with E-state index in [0.29, 0.717) is 16.6 Å². The van der Waals surface area contributed by atoms with Crippen molar-refractivity contribution < 1.29 is 4.92 Å². The first kappa shape index (κ1) is 17.6. The summed E-state index contributed by atoms with van der Waals surface area (Å²) >= 11 is 5.15. The number of hydrogen-bond donors (Lipinski definition) is 2. The molecule has 124 valence electrons. The van der Waals surface area contributed by atoms with Crippen molar-refractivity contribution in [1.29, 1.82) is 0 Å². The first-order chi connectivity index (χ1) is 11.5. The molecule has 0 atom stereocenters. The van der Waals surface area contributed by atoms with Crippen LogP contribution in [0.15, 0.2) is 53.6 Å². The van der Waals surface area contributed by atoms with Crippen LogP contribution >= 0.6 is 12.2 Å². The van der Waals surface area contributed by atoms with Gasteiger partial charge in [0.15, 0.2) is 5.11 Å². The summed E-state index contributed by atoms with van der Waals surface area (Å²) in [5, 5.41) is 18.2. The second-order valence-electron chi connectivity index (χ2n) is 5.42. The summed E-state index contributed by atoms with van der Waals surface area (Å²) in [6.45, 7) is 4.26. The second-order valence-corrected chi connectivity index (χ2v) is 5.83. The predicted molar refractivity (Wildman–Crippen MR) is 101 cm³/mol. The molecule has 0 aliphatic carbocycles. The van der Waals surface area contributed by atoms with Crippen LogP contribution in [0.25, 0.3) is 0 Å². The number of para-hydroxylation sites is 1. The minimum absolute atomic E-state index is 0.00815. The number of hydrogen-bond acceptors (Lipinski definition) is 4. The van der Waals surface area contributed by atoms with Crippen LogP contribution in [0, 0.1) is 10.1 Å². The zero-order valence-electron chi connectivity index (χ0n) is 13.4. The van der Waals surface area contributed by atoms with Crippen LogP contribution in [-0.4, -0.2) is 16.3 Å². The largest absolute Gasteiger partial charge is 0.331 e. The number of benzene rings is 2. The third-order valence-electron chi connectivity index (χ3n) is 3.34. The van der Waals surface area contributed by atoms with Crippen molar-refractivity contribution in [1.82, 2.24) is 5.43 Å². The number of thiocarbonyl (C=S) groups is 1. The lowest BCUT2D eigenvalue weighted by Gasteiger charge is -2.09. The van der Waals surface area contributed by atoms with Gasteiger partial charge in [-0.05, 0) is 41.9 Å². The van der Waals surface area contributed by atoms with Gasteiger partial charge in [0.2, 0.25) is 0 Å². The standard InChI is InChI=1S/C17H18N4O2S/c1-12(2)13-7-9-15(10-8-13)19-17(24)20-18-11-14-5-3-4-6-16(14)21(22)23/h3-12H,1-2H3,(H2,19,20,24). The monoisotopic (exact) mass is 342 g/mol. The molecule has 24 heavy (non-hydrogen) atoms. The highest BCUT2D eigenvalue weighted by Gasteiger charge is 2.09. The van der Waals surface area contributed by atoms with Gasteiger partial charge in [-0.2, -0.15) is 5.10 Å². The van der Waals surface area contributed by atoms with E-state index in [4.69, 9.17) is 12.2 Å². The van der Waals surface area contributed by atoms with E-state index >= 15 is 0 Å². The summed E-state index contributed by atoms with van der Waals surface area (Å²) in [5.74, 6) is 0.468. The zero-order chi connectivity index (χ0) is 17.5. The Morgan fingerprint density at radius 2 is 1.88 bits per heavy atom. The average molecular weight is 342 g/mol. The van der Waals surface area contributed by atoms with Crippen molar-refractivity contribution in [2.24, 2.45) is 5.10 Å². The number of nitrogens with one attached hydrogen (secondary N) is 2. The van der Waals surface area contributed by atoms with Gasteiger partial charge in [-0.15, -0.1) is 0 Å². The van der Waals surface area contributed by atoms with Crippen LogP contribution in [0.5, 0.6) is 0 Å². The van der Waals surface area contributed by atoms with Crippen LogP contribution < -0.4 is 10.7 Å². The number of nitro benzene ring substituents is 1. The van der Waals surface area contributed by atoms with Gasteiger partial charge in [-0.3, -0.25) is 15.5 Å². The van der Waals surface area contributed by atoms with Gasteiger partial charge in [-0.25, -0.2) is 0 Å². The van der Waals surface area contributed by atoms with E-state index in [1.54, 1.807) is 18.2 Å². The average Bonchev–Trinajstić information content (AvgIpc) is 2.55. The predicted octanol–water partition coefficient (Wildman–Crippen LogP) is 4.04. The Hall–Kier alpha value is -2.80. The molecule has 2 aromatic rings. The fraction of sp³-hybridized carbons (Fsp3) is 0.176. The first-order valence-corrected chi connectivity index (χ1v) is 7.81. The van der Waals surface area contributed by atoms with E-state index in [1.807, 2.05) is 24.3 Å². The highest BCUT2D eigenvalue weighted by molar-refractivity contribution is 7.80. The molecule has 0 aliphatic rings. The van der Waals surface area contributed by atoms with E-state index in [0.717, 1.165) is 5.69 Å². The normalized spacial score (nSPS) is 10.8. The number of hydrazone groups is 1. The summed E-state index contributed by atoms with van der Waals surface area (Å²) in [5.41, 5.74) is 5.13. The molecule has 2 aromatic carbocycles. The van der Waals surface area contributed by atoms with Crippen LogP contribution in [0.3, 0.4) is 0 Å². The van der Waals surface area contributed by atoms with Crippen molar-refractivity contribution in [3.63, 3.8) is 0 Å². The third-order valence-corrected chi connectivity index (χ3v) is 3.53. The van der Waals surface area contributed by atoms with Crippen molar-refractivity contribution >= 4 is 34.9 Å². The molecule has 0 radical (unpaired) electrons. The topological polar surface area (TPSA) is 79.6 Å². The van der Waals surface area contributed by atoms with Crippen molar-refractivity contribution in [3.05, 3.63) is 69.8 Å². The molecular formula is C17H18N4O2S. The van der Waals surface area contributed by atoms with Gasteiger partial charge >= 0.3 is 0 Å². The zero-order valence-corrected chi connectivity index (χ0v) is 14.2. The van der Waals surface area contributed by atoms with Crippen LogP contribution in [0.2, 0.25) is 0 Å². The molecule has 0 aromatic heterocycles. The fourth-order valence-electron chi connectivity index (χ4n) is 2.03. The highest BCUT2D eigenvalue weighted by Crippen LogP contribution is 2.17. The molecule has 0 amide bonds. The summed E-state index contributed by atoms with van der Waals surface area (Å²) in [6, 6.07) is 14.3. The van der Waals surface area contributed by atoms with Gasteiger partial charge < -0.3 is 5.32 Å². The summed E-state index contributed by atoms with van der Waals surface area (Å²) < 4.78 is 0. The van der Waals surface area contributed by atoms with Gasteiger partial charge in [0.25, 0.3) is 5.69 Å². The van der Waals surface area contributed by atoms with E-state index in [2.05, 4.69) is 29.7 Å². The highest BCUT2D eigenvalue weighted by atomic mass is 32.1. The van der Waals surface area contributed by atoms with Crippen molar-refractivity contribution in [2.75, 3.05) is 5.32 Å². The minimum Gasteiger partial charge on any atom is -0.331 e. The molecule has 6 nitrogen and oxygen atoms in total. The summed E-state index contributed by atoms with van der Waals surface area (Å²) in [4.78, 5) is 10.5. The van der Waals surface area contributed by atoms with Crippen LogP contribution in [-0.2, 0) is 0 Å². The van der Waals surface area contributed by atoms with E-state index in [-0.39, 0.29) is 5.69 Å². The molecular weight excluding hydrogens is 324 g/mol. The van der Waals surface area contributed by atoms with E-state index in [9.17, 15) is 10.1 Å². The lowest BCUT2D eigenvalue weighted by Crippen LogP contribution is -2.23. The molecule has 2 rings (SSSR count). The first-order valence-electron chi connectivity index (χ1n) is 7.41. The maximum absolute atomic E-state index is 10.9. The molecule has 2 N–H and O–H groups in total. The lowest BCUT2D eigenvalue weighted by atomic mass is 10.0. The van der Waals surface area contributed by atoms with Gasteiger partial charge in [-0.1, -0.05) is 38.1 Å². The molecule has 0 saturated heterocycles.